The number of amides is 2. The first-order valence-corrected chi connectivity index (χ1v) is 9.89. The Balaban J connectivity index is 0.00000280. The summed E-state index contributed by atoms with van der Waals surface area (Å²) in [6.45, 7) is 5.18. The summed E-state index contributed by atoms with van der Waals surface area (Å²) in [6.07, 6.45) is 1.88. The van der Waals surface area contributed by atoms with E-state index in [2.05, 4.69) is 12.2 Å². The van der Waals surface area contributed by atoms with Gasteiger partial charge in [-0.1, -0.05) is 13.0 Å². The highest BCUT2D eigenvalue weighted by Gasteiger charge is 2.31. The van der Waals surface area contributed by atoms with Gasteiger partial charge in [-0.25, -0.2) is 4.39 Å². The number of anilines is 1. The lowest BCUT2D eigenvalue weighted by Gasteiger charge is -2.37. The number of hydrogen-bond donors (Lipinski definition) is 2. The Bertz CT molecular complexity index is 858. The Kier molecular flexibility index (Phi) is 7.57. The van der Waals surface area contributed by atoms with Crippen LogP contribution in [0.2, 0.25) is 0 Å². The van der Waals surface area contributed by atoms with Gasteiger partial charge in [0.15, 0.2) is 0 Å². The van der Waals surface area contributed by atoms with Crippen LogP contribution in [0.25, 0.3) is 0 Å². The van der Waals surface area contributed by atoms with Crippen LogP contribution in [0.15, 0.2) is 30.3 Å². The number of nitrogens with two attached hydrogens (primary N) is 1. The minimum atomic E-state index is -0.465. The Hall–Kier alpha value is -1.96. The van der Waals surface area contributed by atoms with E-state index >= 15 is 0 Å². The van der Waals surface area contributed by atoms with Crippen LogP contribution in [-0.4, -0.2) is 35.8 Å². The van der Waals surface area contributed by atoms with E-state index < -0.39 is 11.7 Å². The van der Waals surface area contributed by atoms with E-state index in [0.717, 1.165) is 18.4 Å². The zero-order chi connectivity index (χ0) is 19.6. The molecule has 2 aromatic rings. The van der Waals surface area contributed by atoms with Crippen LogP contribution < -0.4 is 11.1 Å². The average molecular weight is 426 g/mol. The van der Waals surface area contributed by atoms with Gasteiger partial charge in [0.1, 0.15) is 5.82 Å². The van der Waals surface area contributed by atoms with Gasteiger partial charge >= 0.3 is 0 Å². The van der Waals surface area contributed by atoms with Crippen molar-refractivity contribution in [3.8, 4) is 0 Å². The van der Waals surface area contributed by atoms with Crippen molar-refractivity contribution >= 4 is 40.6 Å². The molecule has 1 aliphatic heterocycles. The number of likely N-dealkylation sites (tertiary alicyclic amines) is 1. The second kappa shape index (κ2) is 9.49. The summed E-state index contributed by atoms with van der Waals surface area (Å²) in [7, 11) is 0. The fourth-order valence-corrected chi connectivity index (χ4v) is 4.47. The van der Waals surface area contributed by atoms with E-state index in [1.807, 2.05) is 11.8 Å². The number of piperidine rings is 1. The number of carbonyl (C=O) groups is 2. The molecule has 2 heterocycles. The highest BCUT2D eigenvalue weighted by atomic mass is 35.5. The van der Waals surface area contributed by atoms with Gasteiger partial charge < -0.3 is 16.0 Å². The molecule has 152 valence electrons. The SMILES string of the molecule is Cc1cc(NC(=O)c2cccc(F)c2)sc1C(=O)N1CCC(C)CC1CN.Cl. The van der Waals surface area contributed by atoms with Crippen molar-refractivity contribution in [1.29, 1.82) is 0 Å². The molecule has 5 nitrogen and oxygen atoms in total. The number of aryl methyl sites for hydroxylation is 1. The first-order chi connectivity index (χ1) is 12.9. The third kappa shape index (κ3) is 4.90. The van der Waals surface area contributed by atoms with Crippen LogP contribution in [0, 0.1) is 18.7 Å². The number of nitrogens with one attached hydrogen (secondary N) is 1. The van der Waals surface area contributed by atoms with Crippen LogP contribution in [0.3, 0.4) is 0 Å². The largest absolute Gasteiger partial charge is 0.334 e. The second-order valence-corrected chi connectivity index (χ2v) is 8.16. The van der Waals surface area contributed by atoms with Crippen molar-refractivity contribution in [3.05, 3.63) is 52.2 Å². The number of thiophene rings is 1. The summed E-state index contributed by atoms with van der Waals surface area (Å²) in [5.74, 6) is -0.339. The summed E-state index contributed by atoms with van der Waals surface area (Å²) in [5, 5.41) is 3.32. The summed E-state index contributed by atoms with van der Waals surface area (Å²) in [4.78, 5) is 27.8. The molecule has 0 aliphatic carbocycles. The minimum Gasteiger partial charge on any atom is -0.334 e. The normalized spacial score (nSPS) is 19.1. The van der Waals surface area contributed by atoms with Crippen LogP contribution in [0.4, 0.5) is 9.39 Å². The van der Waals surface area contributed by atoms with Gasteiger partial charge in [-0.2, -0.15) is 0 Å². The van der Waals surface area contributed by atoms with E-state index in [4.69, 9.17) is 5.73 Å². The molecule has 1 aliphatic rings. The molecule has 1 fully saturated rings. The molecule has 2 unspecified atom stereocenters. The molecule has 0 saturated carbocycles. The van der Waals surface area contributed by atoms with E-state index in [1.54, 1.807) is 12.1 Å². The molecule has 2 amide bonds. The zero-order valence-electron chi connectivity index (χ0n) is 15.9. The molecule has 28 heavy (non-hydrogen) atoms. The Morgan fingerprint density at radius 3 is 2.79 bits per heavy atom. The lowest BCUT2D eigenvalue weighted by atomic mass is 9.92. The minimum absolute atomic E-state index is 0. The number of nitrogens with zero attached hydrogens (tertiary/aromatic N) is 1. The molecule has 2 atom stereocenters. The van der Waals surface area contributed by atoms with Crippen LogP contribution in [-0.2, 0) is 0 Å². The van der Waals surface area contributed by atoms with E-state index in [0.29, 0.717) is 28.9 Å². The second-order valence-electron chi connectivity index (χ2n) is 7.10. The Labute approximate surface area is 174 Å². The maximum Gasteiger partial charge on any atom is 0.264 e. The van der Waals surface area contributed by atoms with Crippen molar-refractivity contribution in [1.82, 2.24) is 4.90 Å². The quantitative estimate of drug-likeness (QED) is 0.775. The maximum atomic E-state index is 13.3. The van der Waals surface area contributed by atoms with Crippen LogP contribution >= 0.6 is 23.7 Å². The highest BCUT2D eigenvalue weighted by molar-refractivity contribution is 7.18. The van der Waals surface area contributed by atoms with Crippen molar-refractivity contribution in [2.75, 3.05) is 18.4 Å². The summed E-state index contributed by atoms with van der Waals surface area (Å²) < 4.78 is 13.3. The maximum absolute atomic E-state index is 13.3. The molecule has 1 aromatic heterocycles. The topological polar surface area (TPSA) is 75.4 Å². The highest BCUT2D eigenvalue weighted by Crippen LogP contribution is 2.31. The number of benzene rings is 1. The van der Waals surface area contributed by atoms with Crippen molar-refractivity contribution in [3.63, 3.8) is 0 Å². The van der Waals surface area contributed by atoms with Gasteiger partial charge in [0.2, 0.25) is 0 Å². The predicted molar refractivity (Wildman–Crippen MR) is 113 cm³/mol. The van der Waals surface area contributed by atoms with Gasteiger partial charge in [-0.3, -0.25) is 9.59 Å². The van der Waals surface area contributed by atoms with E-state index in [1.165, 1.54) is 29.5 Å². The van der Waals surface area contributed by atoms with Crippen LogP contribution in [0.1, 0.15) is 45.4 Å². The first kappa shape index (κ1) is 22.3. The molecule has 8 heteroatoms. The van der Waals surface area contributed by atoms with Gasteiger partial charge in [-0.05, 0) is 55.5 Å². The third-order valence-electron chi connectivity index (χ3n) is 4.95. The standard InChI is InChI=1S/C20H24FN3O2S.ClH/c1-12-6-7-24(16(8-12)11-22)20(26)18-13(2)9-17(27-18)23-19(25)14-4-3-5-15(21)10-14;/h3-5,9-10,12,16H,6-8,11,22H2,1-2H3,(H,23,25);1H. The van der Waals surface area contributed by atoms with Gasteiger partial charge in [-0.15, -0.1) is 23.7 Å². The number of rotatable bonds is 4. The smallest absolute Gasteiger partial charge is 0.264 e. The Morgan fingerprint density at radius 1 is 1.36 bits per heavy atom. The molecular formula is C20H25ClFN3O2S. The molecule has 0 bridgehead atoms. The van der Waals surface area contributed by atoms with Gasteiger partial charge in [0.25, 0.3) is 11.8 Å². The molecule has 3 N–H and O–H groups in total. The molecule has 0 radical (unpaired) electrons. The fourth-order valence-electron chi connectivity index (χ4n) is 3.44. The lowest BCUT2D eigenvalue weighted by molar-refractivity contribution is 0.0578. The third-order valence-corrected chi connectivity index (χ3v) is 6.09. The number of hydrogen-bond acceptors (Lipinski definition) is 4. The molecule has 1 aromatic carbocycles. The van der Waals surface area contributed by atoms with E-state index in [9.17, 15) is 14.0 Å². The van der Waals surface area contributed by atoms with E-state index in [-0.39, 0.29) is 29.9 Å². The fraction of sp³-hybridized carbons (Fsp3) is 0.400. The van der Waals surface area contributed by atoms with Gasteiger partial charge in [0.05, 0.1) is 9.88 Å². The number of halogens is 2. The zero-order valence-corrected chi connectivity index (χ0v) is 17.5. The predicted octanol–water partition coefficient (Wildman–Crippen LogP) is 4.07. The summed E-state index contributed by atoms with van der Waals surface area (Å²) >= 11 is 1.24. The van der Waals surface area contributed by atoms with Crippen LogP contribution in [0.5, 0.6) is 0 Å². The Morgan fingerprint density at radius 2 is 2.11 bits per heavy atom. The van der Waals surface area contributed by atoms with Crippen molar-refractivity contribution in [2.24, 2.45) is 11.7 Å². The summed E-state index contributed by atoms with van der Waals surface area (Å²) in [5.41, 5.74) is 6.93. The van der Waals surface area contributed by atoms with Crippen molar-refractivity contribution in [2.45, 2.75) is 32.7 Å². The van der Waals surface area contributed by atoms with Crippen molar-refractivity contribution < 1.29 is 14.0 Å². The lowest BCUT2D eigenvalue weighted by Crippen LogP contribution is -2.49. The first-order valence-electron chi connectivity index (χ1n) is 9.07. The molecule has 3 rings (SSSR count). The number of carbonyl (C=O) groups excluding carboxylic acids is 2. The molecule has 1 saturated heterocycles. The average Bonchev–Trinajstić information content (AvgIpc) is 3.01. The van der Waals surface area contributed by atoms with Gasteiger partial charge in [0, 0.05) is 24.7 Å². The monoisotopic (exact) mass is 425 g/mol. The molecular weight excluding hydrogens is 401 g/mol. The summed E-state index contributed by atoms with van der Waals surface area (Å²) in [6, 6.07) is 7.33. The molecule has 0 spiro atoms.